The zero-order valence-corrected chi connectivity index (χ0v) is 19.7. The third-order valence-corrected chi connectivity index (χ3v) is 6.41. The van der Waals surface area contributed by atoms with Crippen LogP contribution in [0.4, 0.5) is 5.69 Å². The van der Waals surface area contributed by atoms with Gasteiger partial charge in [-0.15, -0.1) is 0 Å². The van der Waals surface area contributed by atoms with Crippen LogP contribution in [0, 0.1) is 5.92 Å². The molecule has 0 radical (unpaired) electrons. The molecule has 5 heteroatoms. The van der Waals surface area contributed by atoms with Crippen LogP contribution in [0.15, 0.2) is 48.5 Å². The molecule has 0 unspecified atom stereocenters. The van der Waals surface area contributed by atoms with Gasteiger partial charge in [0.1, 0.15) is 0 Å². The Hall–Kier alpha value is -2.66. The van der Waals surface area contributed by atoms with E-state index in [9.17, 15) is 9.59 Å². The van der Waals surface area contributed by atoms with Crippen molar-refractivity contribution in [2.75, 3.05) is 25.0 Å². The van der Waals surface area contributed by atoms with Gasteiger partial charge in [0.2, 0.25) is 11.8 Å². The van der Waals surface area contributed by atoms with E-state index in [4.69, 9.17) is 5.73 Å². The van der Waals surface area contributed by atoms with E-state index in [0.29, 0.717) is 6.42 Å². The van der Waals surface area contributed by atoms with Crippen LogP contribution in [-0.2, 0) is 27.8 Å². The summed E-state index contributed by atoms with van der Waals surface area (Å²) < 4.78 is 0. The van der Waals surface area contributed by atoms with Crippen molar-refractivity contribution >= 4 is 17.5 Å². The Morgan fingerprint density at radius 1 is 0.938 bits per heavy atom. The number of anilines is 1. The number of piperidine rings is 1. The molecule has 1 aliphatic rings. The molecule has 2 amide bonds. The molecular weight excluding hydrogens is 398 g/mol. The molecule has 3 rings (SSSR count). The number of primary amides is 1. The molecule has 172 valence electrons. The first-order valence-electron chi connectivity index (χ1n) is 11.7. The Morgan fingerprint density at radius 2 is 1.50 bits per heavy atom. The summed E-state index contributed by atoms with van der Waals surface area (Å²) in [5.41, 5.74) is 10.1. The third-order valence-electron chi connectivity index (χ3n) is 6.41. The minimum Gasteiger partial charge on any atom is -0.369 e. The second-order valence-electron chi connectivity index (χ2n) is 9.96. The van der Waals surface area contributed by atoms with Crippen molar-refractivity contribution in [2.45, 2.75) is 58.3 Å². The number of likely N-dealkylation sites (tertiary alicyclic amines) is 1. The maximum atomic E-state index is 12.4. The predicted molar refractivity (Wildman–Crippen MR) is 131 cm³/mol. The molecule has 2 aromatic carbocycles. The van der Waals surface area contributed by atoms with E-state index < -0.39 is 0 Å². The summed E-state index contributed by atoms with van der Waals surface area (Å²) in [5.74, 6) is -0.0901. The molecule has 2 aromatic rings. The molecule has 0 atom stereocenters. The molecule has 0 aromatic heterocycles. The number of carbonyl (C=O) groups excluding carboxylic acids is 2. The number of amides is 2. The molecular formula is C27H37N3O2. The predicted octanol–water partition coefficient (Wildman–Crippen LogP) is 4.30. The molecule has 3 N–H and O–H groups in total. The molecule has 32 heavy (non-hydrogen) atoms. The van der Waals surface area contributed by atoms with Gasteiger partial charge < -0.3 is 16.0 Å². The maximum absolute atomic E-state index is 12.4. The highest BCUT2D eigenvalue weighted by atomic mass is 16.2. The smallest absolute Gasteiger partial charge is 0.224 e. The average Bonchev–Trinajstić information content (AvgIpc) is 2.77. The number of hydrogen-bond donors (Lipinski definition) is 2. The van der Waals surface area contributed by atoms with Crippen LogP contribution in [0.25, 0.3) is 0 Å². The monoisotopic (exact) mass is 435 g/mol. The van der Waals surface area contributed by atoms with E-state index in [1.54, 1.807) is 0 Å². The van der Waals surface area contributed by atoms with Gasteiger partial charge in [-0.3, -0.25) is 9.59 Å². The standard InChI is InChI=1S/C27H37N3O2/c1-27(2,3)23-9-4-20(5-10-23)8-13-25(31)29-24-11-6-21(7-12-24)14-17-30-18-15-22(16-19-30)26(28)32/h4-7,9-12,22H,8,13-19H2,1-3H3,(H2,28,32)(H,29,31). The molecule has 0 saturated carbocycles. The summed E-state index contributed by atoms with van der Waals surface area (Å²) in [6, 6.07) is 16.7. The first kappa shape index (κ1) is 24.0. The van der Waals surface area contributed by atoms with E-state index in [2.05, 4.69) is 67.4 Å². The second-order valence-corrected chi connectivity index (χ2v) is 9.96. The van der Waals surface area contributed by atoms with Crippen LogP contribution in [0.3, 0.4) is 0 Å². The van der Waals surface area contributed by atoms with Crippen molar-refractivity contribution < 1.29 is 9.59 Å². The molecule has 1 aliphatic heterocycles. The fourth-order valence-corrected chi connectivity index (χ4v) is 4.14. The van der Waals surface area contributed by atoms with Crippen molar-refractivity contribution in [3.63, 3.8) is 0 Å². The van der Waals surface area contributed by atoms with Crippen LogP contribution < -0.4 is 11.1 Å². The molecule has 0 spiro atoms. The van der Waals surface area contributed by atoms with E-state index in [1.165, 1.54) is 16.7 Å². The summed E-state index contributed by atoms with van der Waals surface area (Å²) in [6.45, 7) is 9.45. The lowest BCUT2D eigenvalue weighted by atomic mass is 9.86. The Kier molecular flexibility index (Phi) is 8.08. The SMILES string of the molecule is CC(C)(C)c1ccc(CCC(=O)Nc2ccc(CCN3CCC(C(N)=O)CC3)cc2)cc1. The zero-order valence-electron chi connectivity index (χ0n) is 19.7. The Balaban J connectivity index is 1.39. The van der Waals surface area contributed by atoms with Crippen LogP contribution in [0.1, 0.15) is 56.7 Å². The van der Waals surface area contributed by atoms with Gasteiger partial charge in [-0.25, -0.2) is 0 Å². The highest BCUT2D eigenvalue weighted by Gasteiger charge is 2.22. The summed E-state index contributed by atoms with van der Waals surface area (Å²) in [4.78, 5) is 26.0. The summed E-state index contributed by atoms with van der Waals surface area (Å²) in [6.07, 6.45) is 3.89. The zero-order chi connectivity index (χ0) is 23.1. The quantitative estimate of drug-likeness (QED) is 0.649. The third kappa shape index (κ3) is 7.20. The van der Waals surface area contributed by atoms with Gasteiger partial charge in [-0.1, -0.05) is 57.2 Å². The minimum atomic E-state index is -0.166. The van der Waals surface area contributed by atoms with Crippen molar-refractivity contribution in [2.24, 2.45) is 11.7 Å². The fourth-order valence-electron chi connectivity index (χ4n) is 4.14. The molecule has 1 fully saturated rings. The summed E-state index contributed by atoms with van der Waals surface area (Å²) >= 11 is 0. The second kappa shape index (κ2) is 10.8. The summed E-state index contributed by atoms with van der Waals surface area (Å²) in [7, 11) is 0. The number of carbonyl (C=O) groups is 2. The van der Waals surface area contributed by atoms with E-state index in [0.717, 1.165) is 51.0 Å². The number of hydrogen-bond acceptors (Lipinski definition) is 3. The van der Waals surface area contributed by atoms with E-state index >= 15 is 0 Å². The highest BCUT2D eigenvalue weighted by Crippen LogP contribution is 2.22. The van der Waals surface area contributed by atoms with Crippen LogP contribution >= 0.6 is 0 Å². The van der Waals surface area contributed by atoms with E-state index in [1.807, 2.05) is 12.1 Å². The molecule has 1 saturated heterocycles. The number of rotatable bonds is 8. The van der Waals surface area contributed by atoms with Crippen molar-refractivity contribution in [1.29, 1.82) is 0 Å². The molecule has 0 aliphatic carbocycles. The normalized spacial score (nSPS) is 15.5. The highest BCUT2D eigenvalue weighted by molar-refractivity contribution is 5.90. The molecule has 1 heterocycles. The Morgan fingerprint density at radius 3 is 2.06 bits per heavy atom. The largest absolute Gasteiger partial charge is 0.369 e. The summed E-state index contributed by atoms with van der Waals surface area (Å²) in [5, 5.41) is 3.00. The number of nitrogens with two attached hydrogens (primary N) is 1. The molecule has 0 bridgehead atoms. The number of aryl methyl sites for hydroxylation is 1. The Bertz CT molecular complexity index is 890. The van der Waals surface area contributed by atoms with Gasteiger partial charge in [0.25, 0.3) is 0 Å². The van der Waals surface area contributed by atoms with Crippen LogP contribution in [-0.4, -0.2) is 36.3 Å². The first-order chi connectivity index (χ1) is 15.2. The first-order valence-corrected chi connectivity index (χ1v) is 11.7. The average molecular weight is 436 g/mol. The van der Waals surface area contributed by atoms with Crippen molar-refractivity contribution in [3.05, 3.63) is 65.2 Å². The van der Waals surface area contributed by atoms with Crippen LogP contribution in [0.2, 0.25) is 0 Å². The van der Waals surface area contributed by atoms with Gasteiger partial charge >= 0.3 is 0 Å². The maximum Gasteiger partial charge on any atom is 0.224 e. The Labute approximate surface area is 192 Å². The fraction of sp³-hybridized carbons (Fsp3) is 0.481. The van der Waals surface area contributed by atoms with Gasteiger partial charge in [0.15, 0.2) is 0 Å². The van der Waals surface area contributed by atoms with Gasteiger partial charge in [0, 0.05) is 24.6 Å². The number of benzene rings is 2. The van der Waals surface area contributed by atoms with Gasteiger partial charge in [-0.2, -0.15) is 0 Å². The number of nitrogens with zero attached hydrogens (tertiary/aromatic N) is 1. The lowest BCUT2D eigenvalue weighted by Gasteiger charge is -2.30. The minimum absolute atomic E-state index is 0.0370. The van der Waals surface area contributed by atoms with E-state index in [-0.39, 0.29) is 23.1 Å². The number of nitrogens with one attached hydrogen (secondary N) is 1. The van der Waals surface area contributed by atoms with Crippen LogP contribution in [0.5, 0.6) is 0 Å². The van der Waals surface area contributed by atoms with Crippen molar-refractivity contribution in [3.8, 4) is 0 Å². The lowest BCUT2D eigenvalue weighted by Crippen LogP contribution is -2.39. The van der Waals surface area contributed by atoms with Gasteiger partial charge in [-0.05, 0) is 73.0 Å². The lowest BCUT2D eigenvalue weighted by molar-refractivity contribution is -0.123. The van der Waals surface area contributed by atoms with Gasteiger partial charge in [0.05, 0.1) is 0 Å². The van der Waals surface area contributed by atoms with Crippen molar-refractivity contribution in [1.82, 2.24) is 4.90 Å². The molecule has 5 nitrogen and oxygen atoms in total. The topological polar surface area (TPSA) is 75.4 Å².